The normalized spacial score (nSPS) is 13.5. The van der Waals surface area contributed by atoms with E-state index in [0.29, 0.717) is 0 Å². The number of benzene rings is 1. The molecule has 2 nitrogen and oxygen atoms in total. The molecule has 0 spiro atoms. The minimum atomic E-state index is -4.72. The highest BCUT2D eigenvalue weighted by Crippen LogP contribution is 2.38. The molecule has 1 unspecified atom stereocenters. The fraction of sp³-hybridized carbons (Fsp3) is 0.300. The molecule has 1 atom stereocenters. The first-order chi connectivity index (χ1) is 7.71. The molecule has 0 saturated carbocycles. The number of carboxylic acid groups (broad SMARTS) is 1. The van der Waals surface area contributed by atoms with Crippen molar-refractivity contribution in [2.75, 3.05) is 0 Å². The first-order valence-corrected chi connectivity index (χ1v) is 4.83. The molecule has 0 aliphatic carbocycles. The van der Waals surface area contributed by atoms with Crippen molar-refractivity contribution in [2.45, 2.75) is 18.5 Å². The van der Waals surface area contributed by atoms with Gasteiger partial charge in [-0.1, -0.05) is 17.7 Å². The monoisotopic (exact) mass is 270 g/mol. The molecule has 0 aliphatic rings. The molecule has 17 heavy (non-hydrogen) atoms. The Morgan fingerprint density at radius 1 is 1.41 bits per heavy atom. The van der Waals surface area contributed by atoms with Crippen molar-refractivity contribution in [2.24, 2.45) is 0 Å². The SMILES string of the molecule is O=C(O)CC(c1ccc(F)c(Cl)c1)C(F)(F)F. The van der Waals surface area contributed by atoms with Gasteiger partial charge in [0.15, 0.2) is 0 Å². The minimum absolute atomic E-state index is 0.369. The highest BCUT2D eigenvalue weighted by atomic mass is 35.5. The second kappa shape index (κ2) is 4.91. The largest absolute Gasteiger partial charge is 0.481 e. The number of carbonyl (C=O) groups is 1. The van der Waals surface area contributed by atoms with Crippen LogP contribution in [0.5, 0.6) is 0 Å². The number of halogens is 5. The number of aliphatic carboxylic acids is 1. The number of hydrogen-bond donors (Lipinski definition) is 1. The van der Waals surface area contributed by atoms with E-state index < -0.39 is 35.3 Å². The maximum absolute atomic E-state index is 12.8. The van der Waals surface area contributed by atoms with Gasteiger partial charge >= 0.3 is 12.1 Å². The van der Waals surface area contributed by atoms with E-state index in [2.05, 4.69) is 0 Å². The molecule has 1 rings (SSSR count). The molecule has 0 bridgehead atoms. The van der Waals surface area contributed by atoms with Crippen LogP contribution in [-0.2, 0) is 4.79 Å². The van der Waals surface area contributed by atoms with E-state index in [1.807, 2.05) is 0 Å². The van der Waals surface area contributed by atoms with Crippen LogP contribution in [0.2, 0.25) is 5.02 Å². The van der Waals surface area contributed by atoms with Crippen LogP contribution in [0.1, 0.15) is 17.9 Å². The van der Waals surface area contributed by atoms with Gasteiger partial charge in [0, 0.05) is 0 Å². The second-order valence-corrected chi connectivity index (χ2v) is 3.77. The van der Waals surface area contributed by atoms with Crippen LogP contribution in [0.15, 0.2) is 18.2 Å². The van der Waals surface area contributed by atoms with Crippen LogP contribution in [-0.4, -0.2) is 17.3 Å². The van der Waals surface area contributed by atoms with E-state index in [4.69, 9.17) is 16.7 Å². The first kappa shape index (κ1) is 13.8. The first-order valence-electron chi connectivity index (χ1n) is 4.45. The zero-order valence-electron chi connectivity index (χ0n) is 8.26. The van der Waals surface area contributed by atoms with E-state index in [1.54, 1.807) is 0 Å². The molecule has 1 aromatic rings. The Labute approximate surface area is 98.8 Å². The zero-order chi connectivity index (χ0) is 13.2. The summed E-state index contributed by atoms with van der Waals surface area (Å²) < 4.78 is 50.6. The molecular formula is C10H7ClF4O2. The Hall–Kier alpha value is -1.30. The fourth-order valence-electron chi connectivity index (χ4n) is 1.33. The van der Waals surface area contributed by atoms with E-state index in [0.717, 1.165) is 18.2 Å². The minimum Gasteiger partial charge on any atom is -0.481 e. The Kier molecular flexibility index (Phi) is 3.98. The zero-order valence-corrected chi connectivity index (χ0v) is 9.02. The summed E-state index contributed by atoms with van der Waals surface area (Å²) in [6.07, 6.45) is -5.84. The van der Waals surface area contributed by atoms with Crippen molar-refractivity contribution in [3.63, 3.8) is 0 Å². The summed E-state index contributed by atoms with van der Waals surface area (Å²) >= 11 is 5.35. The van der Waals surface area contributed by atoms with Crippen LogP contribution >= 0.6 is 11.6 Å². The van der Waals surface area contributed by atoms with Gasteiger partial charge in [0.05, 0.1) is 17.4 Å². The lowest BCUT2D eigenvalue weighted by molar-refractivity contribution is -0.163. The Morgan fingerprint density at radius 2 is 2.00 bits per heavy atom. The standard InChI is InChI=1S/C10H7ClF4O2/c11-7-3-5(1-2-8(7)12)6(4-9(16)17)10(13,14)15/h1-3,6H,4H2,(H,16,17). The van der Waals surface area contributed by atoms with Gasteiger partial charge in [-0.3, -0.25) is 4.79 Å². The lowest BCUT2D eigenvalue weighted by atomic mass is 9.95. The highest BCUT2D eigenvalue weighted by molar-refractivity contribution is 6.30. The number of alkyl halides is 3. The second-order valence-electron chi connectivity index (χ2n) is 3.37. The van der Waals surface area contributed by atoms with Gasteiger partial charge in [0.25, 0.3) is 0 Å². The molecule has 0 aromatic heterocycles. The number of rotatable bonds is 3. The summed E-state index contributed by atoms with van der Waals surface area (Å²) in [5, 5.41) is 7.96. The fourth-order valence-corrected chi connectivity index (χ4v) is 1.52. The molecule has 0 aliphatic heterocycles. The topological polar surface area (TPSA) is 37.3 Å². The van der Waals surface area contributed by atoms with Crippen molar-refractivity contribution in [1.29, 1.82) is 0 Å². The van der Waals surface area contributed by atoms with E-state index in [1.165, 1.54) is 0 Å². The van der Waals surface area contributed by atoms with Gasteiger partial charge in [-0.05, 0) is 17.7 Å². The quantitative estimate of drug-likeness (QED) is 0.852. The molecule has 1 aromatic carbocycles. The van der Waals surface area contributed by atoms with E-state index in [-0.39, 0.29) is 5.56 Å². The predicted molar refractivity (Wildman–Crippen MR) is 52.5 cm³/mol. The number of hydrogen-bond acceptors (Lipinski definition) is 1. The molecule has 94 valence electrons. The van der Waals surface area contributed by atoms with E-state index in [9.17, 15) is 22.4 Å². The average molecular weight is 271 g/mol. The summed E-state index contributed by atoms with van der Waals surface area (Å²) in [4.78, 5) is 10.4. The predicted octanol–water partition coefficient (Wildman–Crippen LogP) is 3.60. The van der Waals surface area contributed by atoms with Gasteiger partial charge in [-0.2, -0.15) is 13.2 Å². The van der Waals surface area contributed by atoms with Crippen LogP contribution in [0.25, 0.3) is 0 Å². The third kappa shape index (κ3) is 3.59. The van der Waals surface area contributed by atoms with E-state index >= 15 is 0 Å². The Bertz CT molecular complexity index is 431. The maximum Gasteiger partial charge on any atom is 0.396 e. The molecular weight excluding hydrogens is 264 g/mol. The van der Waals surface area contributed by atoms with Crippen molar-refractivity contribution in [1.82, 2.24) is 0 Å². The van der Waals surface area contributed by atoms with Gasteiger partial charge in [0.1, 0.15) is 5.82 Å². The summed E-state index contributed by atoms with van der Waals surface area (Å²) in [5.74, 6) is -4.64. The lowest BCUT2D eigenvalue weighted by Gasteiger charge is -2.19. The molecule has 0 fully saturated rings. The lowest BCUT2D eigenvalue weighted by Crippen LogP contribution is -2.23. The average Bonchev–Trinajstić information content (AvgIpc) is 2.17. The smallest absolute Gasteiger partial charge is 0.396 e. The van der Waals surface area contributed by atoms with Crippen molar-refractivity contribution < 1.29 is 27.5 Å². The maximum atomic E-state index is 12.8. The Balaban J connectivity index is 3.13. The molecule has 0 saturated heterocycles. The summed E-state index contributed by atoms with van der Waals surface area (Å²) in [5.41, 5.74) is -0.369. The van der Waals surface area contributed by atoms with Gasteiger partial charge < -0.3 is 5.11 Å². The Morgan fingerprint density at radius 3 is 2.41 bits per heavy atom. The summed E-state index contributed by atoms with van der Waals surface area (Å²) in [6, 6.07) is 2.44. The molecule has 0 heterocycles. The summed E-state index contributed by atoms with van der Waals surface area (Å²) in [6.45, 7) is 0. The van der Waals surface area contributed by atoms with Gasteiger partial charge in [-0.15, -0.1) is 0 Å². The molecule has 0 amide bonds. The third-order valence-electron chi connectivity index (χ3n) is 2.12. The van der Waals surface area contributed by atoms with Crippen LogP contribution in [0.4, 0.5) is 17.6 Å². The number of carboxylic acids is 1. The third-order valence-corrected chi connectivity index (χ3v) is 2.41. The molecule has 0 radical (unpaired) electrons. The van der Waals surface area contributed by atoms with Crippen molar-refractivity contribution >= 4 is 17.6 Å². The van der Waals surface area contributed by atoms with Crippen LogP contribution < -0.4 is 0 Å². The van der Waals surface area contributed by atoms with Gasteiger partial charge in [0.2, 0.25) is 0 Å². The molecule has 1 N–H and O–H groups in total. The molecule has 7 heteroatoms. The summed E-state index contributed by atoms with van der Waals surface area (Å²) in [7, 11) is 0. The van der Waals surface area contributed by atoms with Crippen molar-refractivity contribution in [3.8, 4) is 0 Å². The van der Waals surface area contributed by atoms with Crippen LogP contribution in [0, 0.1) is 5.82 Å². The van der Waals surface area contributed by atoms with Crippen molar-refractivity contribution in [3.05, 3.63) is 34.6 Å². The van der Waals surface area contributed by atoms with Crippen LogP contribution in [0.3, 0.4) is 0 Å². The highest BCUT2D eigenvalue weighted by Gasteiger charge is 2.42. The van der Waals surface area contributed by atoms with Gasteiger partial charge in [-0.25, -0.2) is 4.39 Å².